The molecule has 0 saturated heterocycles. The highest BCUT2D eigenvalue weighted by Crippen LogP contribution is 2.27. The Hall–Kier alpha value is -1.97. The van der Waals surface area contributed by atoms with Gasteiger partial charge in [0.15, 0.2) is 0 Å². The van der Waals surface area contributed by atoms with Crippen molar-refractivity contribution in [2.45, 2.75) is 18.9 Å². The van der Waals surface area contributed by atoms with Crippen molar-refractivity contribution in [1.29, 1.82) is 0 Å². The zero-order valence-electron chi connectivity index (χ0n) is 9.73. The van der Waals surface area contributed by atoms with Crippen LogP contribution in [0.3, 0.4) is 0 Å². The van der Waals surface area contributed by atoms with Crippen molar-refractivity contribution in [2.75, 3.05) is 12.4 Å². The summed E-state index contributed by atoms with van der Waals surface area (Å²) < 4.78 is 5.21. The summed E-state index contributed by atoms with van der Waals surface area (Å²) in [7, 11) is 1.67. The molecule has 17 heavy (non-hydrogen) atoms. The Kier molecular flexibility index (Phi) is 2.48. The third-order valence-electron chi connectivity index (χ3n) is 2.89. The Balaban J connectivity index is 1.83. The summed E-state index contributed by atoms with van der Waals surface area (Å²) >= 11 is 0. The molecule has 1 aromatic carbocycles. The summed E-state index contributed by atoms with van der Waals surface area (Å²) in [6.45, 7) is 0. The first kappa shape index (κ1) is 10.2. The number of benzene rings is 1. The molecular weight excluding hydrogens is 214 g/mol. The summed E-state index contributed by atoms with van der Waals surface area (Å²) in [6.07, 6.45) is 2.50. The van der Waals surface area contributed by atoms with E-state index in [0.717, 1.165) is 22.8 Å². The minimum absolute atomic E-state index is 0.622. The van der Waals surface area contributed by atoms with Crippen LogP contribution in [0.4, 0.5) is 5.82 Å². The quantitative estimate of drug-likeness (QED) is 0.847. The molecule has 1 heterocycles. The number of methoxy groups -OCH3 is 1. The standard InChI is InChI=1S/C13H15N3O/c1-17-11-4-2-3-9(7-11)12-8-13(16-15-12)14-10-5-6-10/h2-4,7-8,10H,5-6H2,1H3,(H2,14,15,16). The molecular formula is C13H15N3O. The molecule has 3 rings (SSSR count). The number of nitrogens with one attached hydrogen (secondary N) is 2. The van der Waals surface area contributed by atoms with Crippen LogP contribution in [-0.2, 0) is 0 Å². The third-order valence-corrected chi connectivity index (χ3v) is 2.89. The van der Waals surface area contributed by atoms with Crippen LogP contribution in [-0.4, -0.2) is 23.3 Å². The molecule has 0 unspecified atom stereocenters. The third kappa shape index (κ3) is 2.25. The lowest BCUT2D eigenvalue weighted by Gasteiger charge is -2.01. The molecule has 0 bridgehead atoms. The van der Waals surface area contributed by atoms with Crippen molar-refractivity contribution in [3.8, 4) is 17.0 Å². The lowest BCUT2D eigenvalue weighted by Crippen LogP contribution is -2.00. The number of ether oxygens (including phenoxy) is 1. The van der Waals surface area contributed by atoms with Crippen LogP contribution in [0, 0.1) is 0 Å². The molecule has 1 saturated carbocycles. The van der Waals surface area contributed by atoms with Gasteiger partial charge in [-0.3, -0.25) is 5.10 Å². The maximum Gasteiger partial charge on any atom is 0.148 e. The second-order valence-electron chi connectivity index (χ2n) is 4.32. The van der Waals surface area contributed by atoms with Crippen molar-refractivity contribution in [3.05, 3.63) is 30.3 Å². The van der Waals surface area contributed by atoms with Crippen molar-refractivity contribution < 1.29 is 4.74 Å². The molecule has 1 fully saturated rings. The maximum atomic E-state index is 5.21. The summed E-state index contributed by atoms with van der Waals surface area (Å²) in [4.78, 5) is 0. The normalized spacial score (nSPS) is 14.6. The molecule has 0 atom stereocenters. The number of nitrogens with zero attached hydrogens (tertiary/aromatic N) is 1. The van der Waals surface area contributed by atoms with Crippen molar-refractivity contribution >= 4 is 5.82 Å². The molecule has 0 aliphatic heterocycles. The van der Waals surface area contributed by atoms with Gasteiger partial charge in [0.25, 0.3) is 0 Å². The van der Waals surface area contributed by atoms with Crippen molar-refractivity contribution in [2.24, 2.45) is 0 Å². The van der Waals surface area contributed by atoms with Crippen molar-refractivity contribution in [1.82, 2.24) is 10.2 Å². The van der Waals surface area contributed by atoms with Gasteiger partial charge in [0, 0.05) is 17.7 Å². The Morgan fingerprint density at radius 3 is 3.00 bits per heavy atom. The van der Waals surface area contributed by atoms with E-state index in [4.69, 9.17) is 4.74 Å². The van der Waals surface area contributed by atoms with E-state index < -0.39 is 0 Å². The van der Waals surface area contributed by atoms with Crippen molar-refractivity contribution in [3.63, 3.8) is 0 Å². The fourth-order valence-electron chi connectivity index (χ4n) is 1.77. The highest BCUT2D eigenvalue weighted by atomic mass is 16.5. The summed E-state index contributed by atoms with van der Waals surface area (Å²) in [5.41, 5.74) is 2.09. The van der Waals surface area contributed by atoms with Crippen LogP contribution < -0.4 is 10.1 Å². The lowest BCUT2D eigenvalue weighted by atomic mass is 10.1. The van der Waals surface area contributed by atoms with Gasteiger partial charge in [-0.15, -0.1) is 0 Å². The van der Waals surface area contributed by atoms with Gasteiger partial charge in [0.05, 0.1) is 12.8 Å². The maximum absolute atomic E-state index is 5.21. The monoisotopic (exact) mass is 229 g/mol. The molecule has 88 valence electrons. The topological polar surface area (TPSA) is 49.9 Å². The average molecular weight is 229 g/mol. The smallest absolute Gasteiger partial charge is 0.148 e. The second kappa shape index (κ2) is 4.13. The molecule has 0 amide bonds. The first-order chi connectivity index (χ1) is 8.35. The molecule has 2 N–H and O–H groups in total. The van der Waals surface area contributed by atoms with Gasteiger partial charge in [-0.05, 0) is 25.0 Å². The largest absolute Gasteiger partial charge is 0.497 e. The van der Waals surface area contributed by atoms with Gasteiger partial charge < -0.3 is 10.1 Å². The van der Waals surface area contributed by atoms with Crippen LogP contribution in [0.1, 0.15) is 12.8 Å². The fraction of sp³-hybridized carbons (Fsp3) is 0.308. The predicted octanol–water partition coefficient (Wildman–Crippen LogP) is 2.66. The van der Waals surface area contributed by atoms with E-state index in [1.807, 2.05) is 30.3 Å². The van der Waals surface area contributed by atoms with Crippen LogP contribution in [0.2, 0.25) is 0 Å². The van der Waals surface area contributed by atoms with E-state index in [2.05, 4.69) is 15.5 Å². The van der Waals surface area contributed by atoms with Crippen LogP contribution in [0.25, 0.3) is 11.3 Å². The molecule has 1 aromatic heterocycles. The molecule has 2 aromatic rings. The van der Waals surface area contributed by atoms with Crippen LogP contribution in [0.15, 0.2) is 30.3 Å². The number of hydrogen-bond acceptors (Lipinski definition) is 3. The molecule has 0 radical (unpaired) electrons. The zero-order valence-corrected chi connectivity index (χ0v) is 9.73. The molecule has 0 spiro atoms. The van der Waals surface area contributed by atoms with Gasteiger partial charge in [0.1, 0.15) is 11.6 Å². The Bertz CT molecular complexity index is 517. The minimum Gasteiger partial charge on any atom is -0.497 e. The molecule has 1 aliphatic rings. The van der Waals surface area contributed by atoms with Gasteiger partial charge in [-0.2, -0.15) is 5.10 Å². The lowest BCUT2D eigenvalue weighted by molar-refractivity contribution is 0.415. The highest BCUT2D eigenvalue weighted by Gasteiger charge is 2.21. The van der Waals surface area contributed by atoms with E-state index in [1.165, 1.54) is 12.8 Å². The Morgan fingerprint density at radius 2 is 2.24 bits per heavy atom. The van der Waals surface area contributed by atoms with Gasteiger partial charge >= 0.3 is 0 Å². The number of rotatable bonds is 4. The van der Waals surface area contributed by atoms with E-state index in [0.29, 0.717) is 6.04 Å². The van der Waals surface area contributed by atoms with Gasteiger partial charge in [0.2, 0.25) is 0 Å². The zero-order chi connectivity index (χ0) is 11.7. The Morgan fingerprint density at radius 1 is 1.35 bits per heavy atom. The molecule has 4 heteroatoms. The van der Waals surface area contributed by atoms with Gasteiger partial charge in [-0.1, -0.05) is 12.1 Å². The first-order valence-corrected chi connectivity index (χ1v) is 5.81. The molecule has 1 aliphatic carbocycles. The molecule has 4 nitrogen and oxygen atoms in total. The van der Waals surface area contributed by atoms with E-state index in [-0.39, 0.29) is 0 Å². The van der Waals surface area contributed by atoms with E-state index in [9.17, 15) is 0 Å². The average Bonchev–Trinajstić information content (AvgIpc) is 3.05. The summed E-state index contributed by atoms with van der Waals surface area (Å²) in [6, 6.07) is 10.6. The number of hydrogen-bond donors (Lipinski definition) is 2. The predicted molar refractivity (Wildman–Crippen MR) is 67.2 cm³/mol. The van der Waals surface area contributed by atoms with Gasteiger partial charge in [-0.25, -0.2) is 0 Å². The SMILES string of the molecule is COc1cccc(-c2cc(NC3CC3)n[nH]2)c1. The van der Waals surface area contributed by atoms with E-state index >= 15 is 0 Å². The summed E-state index contributed by atoms with van der Waals surface area (Å²) in [5, 5.41) is 10.7. The number of anilines is 1. The number of aromatic amines is 1. The Labute approximate surface area is 100 Å². The number of H-pyrrole nitrogens is 1. The first-order valence-electron chi connectivity index (χ1n) is 5.81. The fourth-order valence-corrected chi connectivity index (χ4v) is 1.77. The summed E-state index contributed by atoms with van der Waals surface area (Å²) in [5.74, 6) is 1.78. The number of aromatic nitrogens is 2. The minimum atomic E-state index is 0.622. The van der Waals surface area contributed by atoms with E-state index in [1.54, 1.807) is 7.11 Å². The van der Waals surface area contributed by atoms with Crippen LogP contribution >= 0.6 is 0 Å². The highest BCUT2D eigenvalue weighted by molar-refractivity contribution is 5.64. The van der Waals surface area contributed by atoms with Crippen LogP contribution in [0.5, 0.6) is 5.75 Å². The second-order valence-corrected chi connectivity index (χ2v) is 4.32.